The summed E-state index contributed by atoms with van der Waals surface area (Å²) in [5.41, 5.74) is 0.981. The zero-order valence-corrected chi connectivity index (χ0v) is 10.9. The van der Waals surface area contributed by atoms with Gasteiger partial charge >= 0.3 is 0 Å². The summed E-state index contributed by atoms with van der Waals surface area (Å²) in [6, 6.07) is 7.55. The molecule has 0 saturated carbocycles. The number of fused-ring (bicyclic) bond motifs is 4. The van der Waals surface area contributed by atoms with Crippen LogP contribution < -0.4 is 10.2 Å². The van der Waals surface area contributed by atoms with Crippen LogP contribution in [-0.2, 0) is 6.42 Å². The van der Waals surface area contributed by atoms with Gasteiger partial charge in [0.2, 0.25) is 5.43 Å². The maximum absolute atomic E-state index is 13.8. The van der Waals surface area contributed by atoms with E-state index in [2.05, 4.69) is 0 Å². The minimum atomic E-state index is -0.590. The van der Waals surface area contributed by atoms with Gasteiger partial charge in [0.1, 0.15) is 34.2 Å². The van der Waals surface area contributed by atoms with Gasteiger partial charge in [0.25, 0.3) is 0 Å². The summed E-state index contributed by atoms with van der Waals surface area (Å²) in [6.07, 6.45) is 0.131. The second-order valence-corrected chi connectivity index (χ2v) is 5.09. The fourth-order valence-corrected chi connectivity index (χ4v) is 2.81. The second kappa shape index (κ2) is 4.30. The molecule has 0 saturated heterocycles. The van der Waals surface area contributed by atoms with Crippen molar-refractivity contribution in [2.45, 2.75) is 12.5 Å². The first-order valence-electron chi connectivity index (χ1n) is 6.63. The standard InChI is InChI=1S/C16H11FO4/c17-11-2-1-3-13-14(11)15(19)9-4-5-12-10(16(9)21-13)6-8(7-18)20-12/h1-5,8,18H,6-7H2. The SMILES string of the molecule is O=c1c2ccc3c(c2oc2cccc(F)c12)CC(CO)O3. The van der Waals surface area contributed by atoms with Crippen LogP contribution in [0.25, 0.3) is 21.9 Å². The Morgan fingerprint density at radius 2 is 2.14 bits per heavy atom. The van der Waals surface area contributed by atoms with Gasteiger partial charge in [-0.3, -0.25) is 4.79 Å². The molecule has 1 atom stereocenters. The van der Waals surface area contributed by atoms with Crippen molar-refractivity contribution >= 4 is 21.9 Å². The van der Waals surface area contributed by atoms with E-state index in [9.17, 15) is 14.3 Å². The lowest BCUT2D eigenvalue weighted by atomic mass is 10.0. The van der Waals surface area contributed by atoms with Gasteiger partial charge in [-0.2, -0.15) is 0 Å². The Hall–Kier alpha value is -2.40. The molecular weight excluding hydrogens is 275 g/mol. The van der Waals surface area contributed by atoms with Crippen molar-refractivity contribution < 1.29 is 18.7 Å². The molecule has 1 N–H and O–H groups in total. The Labute approximate surface area is 118 Å². The third-order valence-electron chi connectivity index (χ3n) is 3.81. The van der Waals surface area contributed by atoms with Crippen LogP contribution >= 0.6 is 0 Å². The molecule has 1 unspecified atom stereocenters. The lowest BCUT2D eigenvalue weighted by molar-refractivity contribution is 0.134. The van der Waals surface area contributed by atoms with Gasteiger partial charge in [-0.25, -0.2) is 4.39 Å². The predicted octanol–water partition coefficient (Wildman–Crippen LogP) is 2.38. The first-order valence-corrected chi connectivity index (χ1v) is 6.63. The Morgan fingerprint density at radius 3 is 2.95 bits per heavy atom. The fourth-order valence-electron chi connectivity index (χ4n) is 2.81. The Morgan fingerprint density at radius 1 is 1.29 bits per heavy atom. The van der Waals surface area contributed by atoms with Crippen LogP contribution in [0.4, 0.5) is 4.39 Å². The van der Waals surface area contributed by atoms with Crippen LogP contribution in [0.1, 0.15) is 5.56 Å². The highest BCUT2D eigenvalue weighted by atomic mass is 19.1. The monoisotopic (exact) mass is 286 g/mol. The molecule has 106 valence electrons. The topological polar surface area (TPSA) is 59.7 Å². The third kappa shape index (κ3) is 1.67. The summed E-state index contributed by atoms with van der Waals surface area (Å²) in [5.74, 6) is 0.00795. The van der Waals surface area contributed by atoms with Crippen molar-refractivity contribution in [1.82, 2.24) is 0 Å². The van der Waals surface area contributed by atoms with Crippen molar-refractivity contribution in [3.05, 3.63) is 51.9 Å². The maximum atomic E-state index is 13.8. The first kappa shape index (κ1) is 12.3. The molecule has 0 aliphatic carbocycles. The molecule has 2 heterocycles. The van der Waals surface area contributed by atoms with E-state index >= 15 is 0 Å². The van der Waals surface area contributed by atoms with Gasteiger partial charge in [-0.1, -0.05) is 6.07 Å². The number of halogens is 1. The average Bonchev–Trinajstić information content (AvgIpc) is 2.91. The normalized spacial score (nSPS) is 17.1. The molecule has 0 radical (unpaired) electrons. The van der Waals surface area contributed by atoms with E-state index in [0.717, 1.165) is 5.56 Å². The first-order chi connectivity index (χ1) is 10.2. The minimum absolute atomic E-state index is 0.0393. The lowest BCUT2D eigenvalue weighted by Gasteiger charge is -2.05. The molecule has 0 fully saturated rings. The highest BCUT2D eigenvalue weighted by molar-refractivity contribution is 5.92. The Balaban J connectivity index is 2.12. The molecule has 0 bridgehead atoms. The van der Waals surface area contributed by atoms with Crippen LogP contribution in [0, 0.1) is 5.82 Å². The molecule has 1 aliphatic rings. The number of benzene rings is 2. The van der Waals surface area contributed by atoms with Crippen molar-refractivity contribution in [2.24, 2.45) is 0 Å². The van der Waals surface area contributed by atoms with Crippen LogP contribution in [0.15, 0.2) is 39.5 Å². The number of ether oxygens (including phenoxy) is 1. The number of aliphatic hydroxyl groups is 1. The van der Waals surface area contributed by atoms with Crippen LogP contribution in [0.3, 0.4) is 0 Å². The molecule has 4 rings (SSSR count). The Kier molecular flexibility index (Phi) is 2.53. The van der Waals surface area contributed by atoms with Gasteiger partial charge < -0.3 is 14.3 Å². The summed E-state index contributed by atoms with van der Waals surface area (Å²) in [6.45, 7) is -0.109. The van der Waals surface area contributed by atoms with Crippen LogP contribution in [0.2, 0.25) is 0 Å². The maximum Gasteiger partial charge on any atom is 0.203 e. The van der Waals surface area contributed by atoms with Crippen LogP contribution in [-0.4, -0.2) is 17.8 Å². The highest BCUT2D eigenvalue weighted by Crippen LogP contribution is 2.35. The molecule has 21 heavy (non-hydrogen) atoms. The number of aliphatic hydroxyl groups excluding tert-OH is 1. The predicted molar refractivity (Wildman–Crippen MR) is 75.2 cm³/mol. The summed E-state index contributed by atoms with van der Waals surface area (Å²) in [5, 5.41) is 9.49. The molecule has 3 aromatic rings. The second-order valence-electron chi connectivity index (χ2n) is 5.09. The van der Waals surface area contributed by atoms with Crippen LogP contribution in [0.5, 0.6) is 5.75 Å². The summed E-state index contributed by atoms with van der Waals surface area (Å²) in [7, 11) is 0. The van der Waals surface area contributed by atoms with E-state index in [-0.39, 0.29) is 29.1 Å². The minimum Gasteiger partial charge on any atom is -0.487 e. The summed E-state index contributed by atoms with van der Waals surface area (Å²) >= 11 is 0. The zero-order valence-electron chi connectivity index (χ0n) is 10.9. The van der Waals surface area contributed by atoms with Crippen molar-refractivity contribution in [3.8, 4) is 5.75 Å². The lowest BCUT2D eigenvalue weighted by Crippen LogP contribution is -2.17. The number of hydrogen-bond donors (Lipinski definition) is 1. The van der Waals surface area contributed by atoms with Crippen molar-refractivity contribution in [1.29, 1.82) is 0 Å². The molecule has 0 amide bonds. The number of rotatable bonds is 1. The third-order valence-corrected chi connectivity index (χ3v) is 3.81. The smallest absolute Gasteiger partial charge is 0.203 e. The van der Waals surface area contributed by atoms with Gasteiger partial charge in [0.05, 0.1) is 12.0 Å². The number of hydrogen-bond acceptors (Lipinski definition) is 4. The molecule has 5 heteroatoms. The fraction of sp³-hybridized carbons (Fsp3) is 0.188. The molecule has 0 spiro atoms. The molecular formula is C16H11FO4. The largest absolute Gasteiger partial charge is 0.487 e. The summed E-state index contributed by atoms with van der Waals surface area (Å²) in [4.78, 5) is 12.5. The van der Waals surface area contributed by atoms with E-state index in [1.807, 2.05) is 0 Å². The molecule has 2 aromatic carbocycles. The van der Waals surface area contributed by atoms with Gasteiger partial charge in [0.15, 0.2) is 0 Å². The average molecular weight is 286 g/mol. The summed E-state index contributed by atoms with van der Waals surface area (Å²) < 4.78 is 25.1. The van der Waals surface area contributed by atoms with E-state index < -0.39 is 5.82 Å². The van der Waals surface area contributed by atoms with Gasteiger partial charge in [0, 0.05) is 12.0 Å². The van der Waals surface area contributed by atoms with E-state index in [0.29, 0.717) is 23.1 Å². The quantitative estimate of drug-likeness (QED) is 0.698. The van der Waals surface area contributed by atoms with Crippen molar-refractivity contribution in [2.75, 3.05) is 6.61 Å². The van der Waals surface area contributed by atoms with Gasteiger partial charge in [-0.05, 0) is 24.3 Å². The van der Waals surface area contributed by atoms with Crippen molar-refractivity contribution in [3.63, 3.8) is 0 Å². The van der Waals surface area contributed by atoms with E-state index in [1.54, 1.807) is 18.2 Å². The molecule has 4 nitrogen and oxygen atoms in total. The van der Waals surface area contributed by atoms with E-state index in [4.69, 9.17) is 9.15 Å². The zero-order chi connectivity index (χ0) is 14.6. The molecule has 1 aromatic heterocycles. The van der Waals surface area contributed by atoms with E-state index in [1.165, 1.54) is 12.1 Å². The molecule has 1 aliphatic heterocycles. The highest BCUT2D eigenvalue weighted by Gasteiger charge is 2.26. The van der Waals surface area contributed by atoms with Gasteiger partial charge in [-0.15, -0.1) is 0 Å². The Bertz CT molecular complexity index is 929.